The summed E-state index contributed by atoms with van der Waals surface area (Å²) in [6, 6.07) is -7.10. The van der Waals surface area contributed by atoms with Gasteiger partial charge in [-0.15, -0.1) is 0 Å². The molecule has 11 amide bonds. The maximum atomic E-state index is 14.7. The Bertz CT molecular complexity index is 2970. The highest BCUT2D eigenvalue weighted by Crippen LogP contribution is 2.21. The molecule has 11 atom stereocenters. The largest absolute Gasteiger partial charge is 0.480 e. The summed E-state index contributed by atoms with van der Waals surface area (Å²) in [6.45, 7) is 21.8. The van der Waals surface area contributed by atoms with Crippen molar-refractivity contribution in [2.45, 2.75) is 233 Å². The number of aliphatic imine (C=N–C) groups is 1. The van der Waals surface area contributed by atoms with Gasteiger partial charge in [-0.25, -0.2) is 4.79 Å². The van der Waals surface area contributed by atoms with Crippen molar-refractivity contribution in [1.82, 2.24) is 58.2 Å². The van der Waals surface area contributed by atoms with Crippen LogP contribution >= 0.6 is 11.8 Å². The highest BCUT2D eigenvalue weighted by Gasteiger charge is 2.38. The first-order valence-corrected chi connectivity index (χ1v) is 35.5. The predicted molar refractivity (Wildman–Crippen MR) is 379 cm³/mol. The summed E-state index contributed by atoms with van der Waals surface area (Å²) in [6.07, 6.45) is 4.44. The number of benzene rings is 1. The molecule has 1 heterocycles. The van der Waals surface area contributed by atoms with E-state index in [9.17, 15) is 62.6 Å². The van der Waals surface area contributed by atoms with Crippen LogP contribution in [-0.4, -0.2) is 179 Å². The van der Waals surface area contributed by atoms with Crippen molar-refractivity contribution in [2.24, 2.45) is 69.2 Å². The van der Waals surface area contributed by atoms with Gasteiger partial charge in [0.05, 0.1) is 12.5 Å². The van der Waals surface area contributed by atoms with Gasteiger partial charge in [0.25, 0.3) is 0 Å². The van der Waals surface area contributed by atoms with E-state index in [1.54, 1.807) is 65.9 Å². The number of aromatic amines is 1. The SMILES string of the molecule is CSCC[C@H](N)C(=O)N[C@@H](CCCN=C(N)N)C(=O)N[C@@H](Cc1c[nH]c2ccccc12)C(=O)N[C@@H](CC(N)=O)C(=O)N[C@@H](CC(C)C)C(=O)N[C@@H](CC(C)C)C(=O)N[C@@H](CC(C)C)C(=O)N[C@H](C(=O)N[C@@H](CCCCN)C(=O)N[C@@H](CC(C)C)C(=O)N[C@@H](CC(C)C)C(=O)O)C(C)C. The van der Waals surface area contributed by atoms with Crippen LogP contribution in [0.2, 0.25) is 0 Å². The fourth-order valence-corrected chi connectivity index (χ4v) is 11.3. The van der Waals surface area contributed by atoms with Crippen molar-refractivity contribution in [3.63, 3.8) is 0 Å². The van der Waals surface area contributed by atoms with Crippen molar-refractivity contribution < 1.29 is 62.6 Å². The zero-order valence-corrected chi connectivity index (χ0v) is 60.4. The van der Waals surface area contributed by atoms with Gasteiger partial charge in [-0.3, -0.25) is 57.7 Å². The monoisotopic (exact) mass is 1400 g/mol. The summed E-state index contributed by atoms with van der Waals surface area (Å²) in [5.41, 5.74) is 30.0. The molecule has 1 aromatic heterocycles. The molecule has 31 heteroatoms. The van der Waals surface area contributed by atoms with Gasteiger partial charge in [-0.2, -0.15) is 11.8 Å². The Labute approximate surface area is 581 Å². The fourth-order valence-electron chi connectivity index (χ4n) is 10.8. The lowest BCUT2D eigenvalue weighted by Crippen LogP contribution is -2.61. The van der Waals surface area contributed by atoms with Gasteiger partial charge < -0.3 is 91.9 Å². The summed E-state index contributed by atoms with van der Waals surface area (Å²) in [5.74, 6) is -11.3. The highest BCUT2D eigenvalue weighted by atomic mass is 32.2. The molecule has 2 aromatic rings. The van der Waals surface area contributed by atoms with Crippen molar-refractivity contribution >= 4 is 99.6 Å². The second kappa shape index (κ2) is 44.1. The number of nitrogens with two attached hydrogens (primary N) is 5. The summed E-state index contributed by atoms with van der Waals surface area (Å²) >= 11 is 1.48. The summed E-state index contributed by atoms with van der Waals surface area (Å²) < 4.78 is 0. The molecular formula is C67H115N17O13S. The number of rotatable bonds is 47. The van der Waals surface area contributed by atoms with E-state index < -0.39 is 150 Å². The minimum absolute atomic E-state index is 0.0110. The van der Waals surface area contributed by atoms with E-state index in [-0.39, 0.29) is 106 Å². The minimum Gasteiger partial charge on any atom is -0.480 e. The van der Waals surface area contributed by atoms with Crippen LogP contribution in [0.1, 0.15) is 166 Å². The number of thioether (sulfide) groups is 1. The molecule has 0 fully saturated rings. The summed E-state index contributed by atoms with van der Waals surface area (Å²) in [7, 11) is 0. The van der Waals surface area contributed by atoms with Crippen LogP contribution in [0, 0.1) is 35.5 Å². The quantitative estimate of drug-likeness (QED) is 0.0246. The number of guanidine groups is 1. The van der Waals surface area contributed by atoms with E-state index in [0.29, 0.717) is 41.5 Å². The van der Waals surface area contributed by atoms with Crippen molar-refractivity contribution in [3.8, 4) is 0 Å². The molecule has 1 aromatic carbocycles. The number of amides is 11. The molecule has 552 valence electrons. The number of H-pyrrole nitrogens is 1. The van der Waals surface area contributed by atoms with Crippen molar-refractivity contribution in [1.29, 1.82) is 0 Å². The maximum absolute atomic E-state index is 14.7. The number of fused-ring (bicyclic) bond motifs is 1. The average molecular weight is 1400 g/mol. The molecule has 98 heavy (non-hydrogen) atoms. The lowest BCUT2D eigenvalue weighted by molar-refractivity contribution is -0.143. The van der Waals surface area contributed by atoms with Crippen LogP contribution in [0.3, 0.4) is 0 Å². The Morgan fingerprint density at radius 3 is 1.31 bits per heavy atom. The number of hydrogen-bond acceptors (Lipinski definition) is 16. The molecule has 0 unspecified atom stereocenters. The lowest BCUT2D eigenvalue weighted by Gasteiger charge is -2.30. The number of nitrogens with zero attached hydrogens (tertiary/aromatic N) is 1. The Morgan fingerprint density at radius 1 is 0.480 bits per heavy atom. The average Bonchev–Trinajstić information content (AvgIpc) is 1.61. The van der Waals surface area contributed by atoms with Crippen LogP contribution in [0.5, 0.6) is 0 Å². The number of carboxylic acids is 1. The molecule has 0 aliphatic carbocycles. The van der Waals surface area contributed by atoms with Crippen LogP contribution < -0.4 is 81.8 Å². The van der Waals surface area contributed by atoms with Gasteiger partial charge in [0, 0.05) is 30.1 Å². The molecule has 0 aliphatic rings. The Morgan fingerprint density at radius 2 is 0.867 bits per heavy atom. The van der Waals surface area contributed by atoms with E-state index in [4.69, 9.17) is 28.7 Å². The van der Waals surface area contributed by atoms with Crippen molar-refractivity contribution in [2.75, 3.05) is 25.1 Å². The predicted octanol–water partition coefficient (Wildman–Crippen LogP) is 0.668. The van der Waals surface area contributed by atoms with E-state index in [2.05, 4.69) is 63.1 Å². The van der Waals surface area contributed by atoms with Gasteiger partial charge >= 0.3 is 5.97 Å². The molecule has 0 saturated heterocycles. The van der Waals surface area contributed by atoms with Crippen molar-refractivity contribution in [3.05, 3.63) is 36.0 Å². The summed E-state index contributed by atoms with van der Waals surface area (Å²) in [4.78, 5) is 175. The van der Waals surface area contributed by atoms with Gasteiger partial charge in [0.1, 0.15) is 60.4 Å². The molecule has 0 bridgehead atoms. The zero-order valence-electron chi connectivity index (χ0n) is 59.6. The third-order valence-corrected chi connectivity index (χ3v) is 16.5. The first kappa shape index (κ1) is 86.0. The standard InChI is InChI=1S/C67H115N17O13S/c1-35(2)27-47(60(90)80-50(30-38(7)8)64(94)84-55(40(11)12)65(95)76-45(21-16-17-24-68)57(87)77-49(29-37(5)6)61(91)83-53(66(96)97)31-39(9)10)78-59(89)48(28-36(3)4)79-63(93)52(33-54(70)85)82-62(92)51(32-41-34-74-44-20-15-14-19-42(41)44)81-58(88)46(22-18-25-73-67(71)72)75-56(86)43(69)23-26-98-13/h14-15,19-20,34-40,43,45-53,55,74H,16-18,21-33,68-69H2,1-13H3,(H2,70,85)(H,75,86)(H,76,95)(H,77,87)(H,78,89)(H,79,93)(H,80,90)(H,81,88)(H,82,92)(H,83,91)(H,84,94)(H,96,97)(H4,71,72,73)/t43-,45-,46-,47-,48-,49-,50-,51-,52-,53-,55-/m0/s1. The third-order valence-electron chi connectivity index (χ3n) is 15.8. The topological polar surface area (TPSA) is 504 Å². The molecule has 2 rings (SSSR count). The number of carbonyl (C=O) groups is 12. The second-order valence-electron chi connectivity index (χ2n) is 27.6. The number of aromatic nitrogens is 1. The van der Waals surface area contributed by atoms with Crippen LogP contribution in [0.4, 0.5) is 0 Å². The number of primary amides is 1. The Balaban J connectivity index is 2.53. The van der Waals surface area contributed by atoms with E-state index in [0.717, 1.165) is 0 Å². The second-order valence-corrected chi connectivity index (χ2v) is 28.6. The molecule has 22 N–H and O–H groups in total. The zero-order chi connectivity index (χ0) is 74.1. The van der Waals surface area contributed by atoms with Gasteiger partial charge in [0.2, 0.25) is 65.0 Å². The fraction of sp³-hybridized carbons (Fsp3) is 0.687. The number of hydrogen-bond donors (Lipinski definition) is 17. The number of carbonyl (C=O) groups excluding carboxylic acids is 11. The van der Waals surface area contributed by atoms with Crippen LogP contribution in [0.25, 0.3) is 10.9 Å². The molecule has 0 aliphatic heterocycles. The Hall–Kier alpha value is -8.06. The smallest absolute Gasteiger partial charge is 0.326 e. The summed E-state index contributed by atoms with van der Waals surface area (Å²) in [5, 5.41) is 37.6. The minimum atomic E-state index is -1.73. The third kappa shape index (κ3) is 32.1. The van der Waals surface area contributed by atoms with E-state index >= 15 is 0 Å². The van der Waals surface area contributed by atoms with Gasteiger partial charge in [-0.05, 0) is 136 Å². The number of carboxylic acid groups (broad SMARTS) is 1. The number of unbranched alkanes of at least 4 members (excludes halogenated alkanes) is 1. The lowest BCUT2D eigenvalue weighted by atomic mass is 9.97. The Kier molecular flexibility index (Phi) is 38.7. The highest BCUT2D eigenvalue weighted by molar-refractivity contribution is 7.98. The van der Waals surface area contributed by atoms with E-state index in [1.807, 2.05) is 53.9 Å². The van der Waals surface area contributed by atoms with E-state index in [1.165, 1.54) is 11.8 Å². The maximum Gasteiger partial charge on any atom is 0.326 e. The first-order valence-electron chi connectivity index (χ1n) is 34.1. The van der Waals surface area contributed by atoms with Gasteiger partial charge in [-0.1, -0.05) is 101 Å². The first-order chi connectivity index (χ1) is 46.0. The normalized spacial score (nSPS) is 14.9. The number of aliphatic carboxylic acids is 1. The number of nitrogens with one attached hydrogen (secondary N) is 11. The molecule has 0 spiro atoms. The molecular weight excluding hydrogens is 1280 g/mol. The van der Waals surface area contributed by atoms with Gasteiger partial charge in [0.15, 0.2) is 5.96 Å². The van der Waals surface area contributed by atoms with Crippen LogP contribution in [0.15, 0.2) is 35.5 Å². The molecule has 0 saturated carbocycles. The molecule has 0 radical (unpaired) electrons. The molecule has 30 nitrogen and oxygen atoms in total. The van der Waals surface area contributed by atoms with Crippen LogP contribution in [-0.2, 0) is 64.0 Å². The number of para-hydroxylation sites is 1.